The van der Waals surface area contributed by atoms with Gasteiger partial charge in [-0.25, -0.2) is 0 Å². The van der Waals surface area contributed by atoms with E-state index >= 15 is 0 Å². The molecule has 2 heterocycles. The zero-order valence-corrected chi connectivity index (χ0v) is 9.14. The number of aromatic nitrogens is 3. The molecule has 0 spiro atoms. The first-order chi connectivity index (χ1) is 8.31. The molecule has 2 aromatic heterocycles. The molecule has 1 aliphatic carbocycles. The van der Waals surface area contributed by atoms with Gasteiger partial charge in [0.15, 0.2) is 0 Å². The molecule has 1 fully saturated rings. The molecule has 0 aromatic carbocycles. The molecule has 0 radical (unpaired) electrons. The molecular weight excluding hydrogens is 220 g/mol. The fourth-order valence-corrected chi connectivity index (χ4v) is 1.54. The van der Waals surface area contributed by atoms with Gasteiger partial charge in [0.1, 0.15) is 0 Å². The number of nitrogens with zero attached hydrogens (tertiary/aromatic N) is 2. The topological polar surface area (TPSA) is 83.8 Å². The Morgan fingerprint density at radius 2 is 2.35 bits per heavy atom. The molecule has 0 bridgehead atoms. The van der Waals surface area contributed by atoms with Crippen molar-refractivity contribution in [3.05, 3.63) is 34.6 Å². The van der Waals surface area contributed by atoms with Gasteiger partial charge < -0.3 is 14.7 Å². The number of hydrogen-bond donors (Lipinski definition) is 2. The summed E-state index contributed by atoms with van der Waals surface area (Å²) in [5.74, 6) is 0.927. The second-order valence-corrected chi connectivity index (χ2v) is 4.10. The molecule has 0 aliphatic heterocycles. The first-order valence-corrected chi connectivity index (χ1v) is 5.56. The lowest BCUT2D eigenvalue weighted by atomic mass is 10.3. The van der Waals surface area contributed by atoms with Crippen molar-refractivity contribution in [3.63, 3.8) is 0 Å². The lowest BCUT2D eigenvalue weighted by Gasteiger charge is -1.95. The predicted molar refractivity (Wildman–Crippen MR) is 60.2 cm³/mol. The average molecular weight is 232 g/mol. The number of aromatic amines is 1. The van der Waals surface area contributed by atoms with Crippen LogP contribution in [-0.2, 0) is 6.54 Å². The van der Waals surface area contributed by atoms with Gasteiger partial charge in [-0.05, 0) is 18.9 Å². The van der Waals surface area contributed by atoms with Gasteiger partial charge in [-0.15, -0.1) is 10.2 Å². The van der Waals surface area contributed by atoms with E-state index in [1.54, 1.807) is 12.3 Å². The zero-order valence-electron chi connectivity index (χ0n) is 9.14. The van der Waals surface area contributed by atoms with E-state index in [2.05, 4.69) is 20.5 Å². The second kappa shape index (κ2) is 4.14. The summed E-state index contributed by atoms with van der Waals surface area (Å²) in [4.78, 5) is 13.7. The molecule has 0 unspecified atom stereocenters. The van der Waals surface area contributed by atoms with Crippen molar-refractivity contribution >= 4 is 0 Å². The molecule has 1 saturated carbocycles. The smallest absolute Gasteiger partial charge is 0.248 e. The summed E-state index contributed by atoms with van der Waals surface area (Å²) >= 11 is 0. The Labute approximate surface area is 97.1 Å². The molecular formula is C11H12N4O2. The van der Waals surface area contributed by atoms with Crippen molar-refractivity contribution in [2.75, 3.05) is 0 Å². The van der Waals surface area contributed by atoms with Crippen molar-refractivity contribution in [2.24, 2.45) is 0 Å². The van der Waals surface area contributed by atoms with E-state index in [1.807, 2.05) is 0 Å². The molecule has 17 heavy (non-hydrogen) atoms. The van der Waals surface area contributed by atoms with Crippen LogP contribution in [0.5, 0.6) is 0 Å². The third-order valence-corrected chi connectivity index (χ3v) is 2.61. The molecule has 1 aliphatic rings. The van der Waals surface area contributed by atoms with E-state index in [1.165, 1.54) is 18.9 Å². The molecule has 0 saturated heterocycles. The largest absolute Gasteiger partial charge is 0.419 e. The summed E-state index contributed by atoms with van der Waals surface area (Å²) in [7, 11) is 0. The van der Waals surface area contributed by atoms with Crippen LogP contribution in [-0.4, -0.2) is 21.2 Å². The van der Waals surface area contributed by atoms with Crippen molar-refractivity contribution in [2.45, 2.75) is 25.4 Å². The average Bonchev–Trinajstić information content (AvgIpc) is 3.04. The van der Waals surface area contributed by atoms with Gasteiger partial charge in [0, 0.05) is 23.9 Å². The quantitative estimate of drug-likeness (QED) is 0.809. The van der Waals surface area contributed by atoms with Gasteiger partial charge in [-0.3, -0.25) is 4.79 Å². The van der Waals surface area contributed by atoms with E-state index in [0.29, 0.717) is 29.9 Å². The highest BCUT2D eigenvalue weighted by molar-refractivity contribution is 5.50. The minimum absolute atomic E-state index is 0.182. The third kappa shape index (κ3) is 2.42. The maximum atomic E-state index is 11.1. The Bertz CT molecular complexity index is 571. The Balaban J connectivity index is 1.76. The van der Waals surface area contributed by atoms with Gasteiger partial charge in [0.2, 0.25) is 17.3 Å². The highest BCUT2D eigenvalue weighted by atomic mass is 16.4. The number of hydrogen-bond acceptors (Lipinski definition) is 5. The number of pyridine rings is 1. The van der Waals surface area contributed by atoms with E-state index in [9.17, 15) is 4.79 Å². The van der Waals surface area contributed by atoms with Crippen molar-refractivity contribution in [1.29, 1.82) is 0 Å². The molecule has 2 N–H and O–H groups in total. The van der Waals surface area contributed by atoms with Crippen LogP contribution in [0.2, 0.25) is 0 Å². The van der Waals surface area contributed by atoms with Crippen LogP contribution in [0.25, 0.3) is 11.5 Å². The molecule has 6 heteroatoms. The maximum absolute atomic E-state index is 11.1. The van der Waals surface area contributed by atoms with E-state index in [4.69, 9.17) is 4.42 Å². The van der Waals surface area contributed by atoms with Crippen molar-refractivity contribution in [3.8, 4) is 11.5 Å². The van der Waals surface area contributed by atoms with E-state index in [0.717, 1.165) is 0 Å². The summed E-state index contributed by atoms with van der Waals surface area (Å²) in [6, 6.07) is 3.77. The second-order valence-electron chi connectivity index (χ2n) is 4.10. The van der Waals surface area contributed by atoms with Crippen LogP contribution in [0.4, 0.5) is 0 Å². The minimum atomic E-state index is -0.182. The number of rotatable bonds is 4. The molecule has 3 rings (SSSR count). The monoisotopic (exact) mass is 232 g/mol. The molecule has 88 valence electrons. The lowest BCUT2D eigenvalue weighted by molar-refractivity contribution is 0.476. The van der Waals surface area contributed by atoms with Gasteiger partial charge in [-0.1, -0.05) is 0 Å². The van der Waals surface area contributed by atoms with Crippen LogP contribution in [0, 0.1) is 0 Å². The van der Waals surface area contributed by atoms with Gasteiger partial charge in [0.25, 0.3) is 0 Å². The number of H-pyrrole nitrogens is 1. The van der Waals surface area contributed by atoms with E-state index in [-0.39, 0.29) is 5.56 Å². The Morgan fingerprint density at radius 1 is 1.47 bits per heavy atom. The highest BCUT2D eigenvalue weighted by Crippen LogP contribution is 2.20. The summed E-state index contributed by atoms with van der Waals surface area (Å²) < 4.78 is 5.47. The van der Waals surface area contributed by atoms with Crippen LogP contribution in [0.1, 0.15) is 18.7 Å². The third-order valence-electron chi connectivity index (χ3n) is 2.61. The standard InChI is InChI=1S/C11H12N4O2/c16-9-5-7(3-4-12-9)11-15-14-10(17-11)6-13-8-1-2-8/h3-5,8,13H,1-2,6H2,(H,12,16). The molecule has 0 atom stereocenters. The first-order valence-electron chi connectivity index (χ1n) is 5.56. The Morgan fingerprint density at radius 3 is 3.12 bits per heavy atom. The van der Waals surface area contributed by atoms with Gasteiger partial charge in [0.05, 0.1) is 6.54 Å². The van der Waals surface area contributed by atoms with Gasteiger partial charge >= 0.3 is 0 Å². The predicted octanol–water partition coefficient (Wildman–Crippen LogP) is 0.677. The van der Waals surface area contributed by atoms with Crippen molar-refractivity contribution in [1.82, 2.24) is 20.5 Å². The summed E-state index contributed by atoms with van der Waals surface area (Å²) in [5, 5.41) is 11.1. The normalized spacial score (nSPS) is 15.1. The fraction of sp³-hybridized carbons (Fsp3) is 0.364. The van der Waals surface area contributed by atoms with Gasteiger partial charge in [-0.2, -0.15) is 0 Å². The van der Waals surface area contributed by atoms with Crippen LogP contribution < -0.4 is 10.9 Å². The first kappa shape index (κ1) is 10.2. The summed E-state index contributed by atoms with van der Waals surface area (Å²) in [6.07, 6.45) is 3.99. The summed E-state index contributed by atoms with van der Waals surface area (Å²) in [6.45, 7) is 0.584. The minimum Gasteiger partial charge on any atom is -0.419 e. The maximum Gasteiger partial charge on any atom is 0.248 e. The highest BCUT2D eigenvalue weighted by Gasteiger charge is 2.21. The Hall–Kier alpha value is -1.95. The zero-order chi connectivity index (χ0) is 11.7. The van der Waals surface area contributed by atoms with Crippen LogP contribution >= 0.6 is 0 Å². The SMILES string of the molecule is O=c1cc(-c2nnc(CNC3CC3)o2)cc[nH]1. The lowest BCUT2D eigenvalue weighted by Crippen LogP contribution is -2.15. The van der Waals surface area contributed by atoms with E-state index < -0.39 is 0 Å². The van der Waals surface area contributed by atoms with Crippen molar-refractivity contribution < 1.29 is 4.42 Å². The fourth-order valence-electron chi connectivity index (χ4n) is 1.54. The van der Waals surface area contributed by atoms with Crippen LogP contribution in [0.3, 0.4) is 0 Å². The Kier molecular flexibility index (Phi) is 2.49. The molecule has 0 amide bonds. The summed E-state index contributed by atoms with van der Waals surface area (Å²) in [5.41, 5.74) is 0.456. The number of nitrogens with one attached hydrogen (secondary N) is 2. The molecule has 6 nitrogen and oxygen atoms in total. The molecule has 2 aromatic rings. The van der Waals surface area contributed by atoms with Crippen LogP contribution in [0.15, 0.2) is 27.5 Å².